The highest BCUT2D eigenvalue weighted by Gasteiger charge is 2.18. The highest BCUT2D eigenvalue weighted by Crippen LogP contribution is 2.15. The number of morpholine rings is 1. The Balaban J connectivity index is 1.85. The first kappa shape index (κ1) is 17.0. The first-order valence-electron chi connectivity index (χ1n) is 7.61. The fourth-order valence-electron chi connectivity index (χ4n) is 2.36. The van der Waals surface area contributed by atoms with Gasteiger partial charge in [0.1, 0.15) is 11.9 Å². The largest absolute Gasteiger partial charge is 0.375 e. The highest BCUT2D eigenvalue weighted by molar-refractivity contribution is 5.86. The maximum absolute atomic E-state index is 11.8. The van der Waals surface area contributed by atoms with Crippen LogP contribution in [0.5, 0.6) is 0 Å². The smallest absolute Gasteiger partial charge is 0.312 e. The summed E-state index contributed by atoms with van der Waals surface area (Å²) < 4.78 is 5.51. The third-order valence-electron chi connectivity index (χ3n) is 3.59. The van der Waals surface area contributed by atoms with Gasteiger partial charge in [0, 0.05) is 25.8 Å². The maximum Gasteiger partial charge on any atom is 0.312 e. The molecule has 1 aromatic heterocycles. The van der Waals surface area contributed by atoms with Crippen LogP contribution in [-0.2, 0) is 16.1 Å². The van der Waals surface area contributed by atoms with Crippen LogP contribution < -0.4 is 21.3 Å². The molecule has 0 radical (unpaired) electrons. The van der Waals surface area contributed by atoms with Crippen molar-refractivity contribution in [2.45, 2.75) is 32.5 Å². The Bertz CT molecular complexity index is 549. The number of anilines is 1. The molecular formula is C15H23N5O3. The van der Waals surface area contributed by atoms with Gasteiger partial charge in [0.15, 0.2) is 0 Å². The number of carbonyl (C=O) groups is 2. The van der Waals surface area contributed by atoms with E-state index < -0.39 is 12.1 Å². The van der Waals surface area contributed by atoms with Crippen molar-refractivity contribution in [1.82, 2.24) is 15.6 Å². The highest BCUT2D eigenvalue weighted by atomic mass is 16.5. The lowest BCUT2D eigenvalue weighted by Crippen LogP contribution is -2.46. The second-order valence-electron chi connectivity index (χ2n) is 5.60. The van der Waals surface area contributed by atoms with Crippen LogP contribution in [0.2, 0.25) is 0 Å². The number of nitrogens with one attached hydrogen (secondary N) is 2. The topological polar surface area (TPSA) is 110 Å². The number of amides is 3. The number of pyridine rings is 1. The van der Waals surface area contributed by atoms with Gasteiger partial charge >= 0.3 is 6.03 Å². The van der Waals surface area contributed by atoms with Crippen LogP contribution in [0.4, 0.5) is 10.6 Å². The quantitative estimate of drug-likeness (QED) is 0.706. The molecule has 1 aromatic rings. The SMILES string of the molecule is C[C@@H]1CN(c2ccc(CNC(=O)[C@H](C)NC(N)=O)cn2)CCO1. The van der Waals surface area contributed by atoms with Gasteiger partial charge in [-0.3, -0.25) is 4.79 Å². The van der Waals surface area contributed by atoms with E-state index in [2.05, 4.69) is 20.5 Å². The standard InChI is InChI=1S/C15H23N5O3/c1-10-9-20(5-6-23-10)13-4-3-12(7-17-13)8-18-14(21)11(2)19-15(16)22/h3-4,7,10-11H,5-6,8-9H2,1-2H3,(H,18,21)(H3,16,19,22)/t10-,11+/m1/s1. The molecule has 0 saturated carbocycles. The number of ether oxygens (including phenoxy) is 1. The molecule has 0 bridgehead atoms. The predicted octanol–water partition coefficient (Wildman–Crippen LogP) is -0.0203. The van der Waals surface area contributed by atoms with E-state index >= 15 is 0 Å². The lowest BCUT2D eigenvalue weighted by molar-refractivity contribution is -0.122. The number of primary amides is 1. The van der Waals surface area contributed by atoms with Crippen molar-refractivity contribution in [1.29, 1.82) is 0 Å². The predicted molar refractivity (Wildman–Crippen MR) is 85.9 cm³/mol. The van der Waals surface area contributed by atoms with Gasteiger partial charge in [0.05, 0.1) is 12.7 Å². The summed E-state index contributed by atoms with van der Waals surface area (Å²) >= 11 is 0. The van der Waals surface area contributed by atoms with Crippen molar-refractivity contribution in [3.63, 3.8) is 0 Å². The Morgan fingerprint density at radius 1 is 1.52 bits per heavy atom. The third kappa shape index (κ3) is 5.10. The average Bonchev–Trinajstić information content (AvgIpc) is 2.52. The van der Waals surface area contributed by atoms with Crippen LogP contribution >= 0.6 is 0 Å². The molecule has 2 heterocycles. The summed E-state index contributed by atoms with van der Waals surface area (Å²) in [5, 5.41) is 5.06. The molecule has 126 valence electrons. The molecule has 4 N–H and O–H groups in total. The molecule has 8 nitrogen and oxygen atoms in total. The van der Waals surface area contributed by atoms with Gasteiger partial charge in [-0.15, -0.1) is 0 Å². The van der Waals surface area contributed by atoms with Crippen molar-refractivity contribution in [3.8, 4) is 0 Å². The first-order chi connectivity index (χ1) is 11.0. The third-order valence-corrected chi connectivity index (χ3v) is 3.59. The van der Waals surface area contributed by atoms with E-state index in [1.165, 1.54) is 0 Å². The van der Waals surface area contributed by atoms with Crippen LogP contribution in [-0.4, -0.2) is 48.8 Å². The van der Waals surface area contributed by atoms with Gasteiger partial charge in [0.2, 0.25) is 5.91 Å². The summed E-state index contributed by atoms with van der Waals surface area (Å²) in [5.41, 5.74) is 5.87. The van der Waals surface area contributed by atoms with E-state index in [1.807, 2.05) is 19.1 Å². The van der Waals surface area contributed by atoms with Crippen LogP contribution in [0, 0.1) is 0 Å². The summed E-state index contributed by atoms with van der Waals surface area (Å²) in [4.78, 5) is 29.1. The van der Waals surface area contributed by atoms with Crippen molar-refractivity contribution < 1.29 is 14.3 Å². The number of rotatable bonds is 5. The molecule has 0 aliphatic carbocycles. The number of hydrogen-bond acceptors (Lipinski definition) is 5. The Morgan fingerprint density at radius 3 is 2.91 bits per heavy atom. The molecule has 3 amide bonds. The van der Waals surface area contributed by atoms with E-state index in [0.717, 1.165) is 24.5 Å². The van der Waals surface area contributed by atoms with Crippen molar-refractivity contribution >= 4 is 17.8 Å². The molecule has 8 heteroatoms. The van der Waals surface area contributed by atoms with Gasteiger partial charge in [-0.05, 0) is 25.5 Å². The van der Waals surface area contributed by atoms with E-state index in [-0.39, 0.29) is 12.0 Å². The van der Waals surface area contributed by atoms with Crippen LogP contribution in [0.25, 0.3) is 0 Å². The zero-order valence-corrected chi connectivity index (χ0v) is 13.4. The summed E-state index contributed by atoms with van der Waals surface area (Å²) in [5.74, 6) is 0.605. The Kier molecular flexibility index (Phi) is 5.75. The van der Waals surface area contributed by atoms with E-state index in [4.69, 9.17) is 10.5 Å². The molecule has 1 aliphatic heterocycles. The van der Waals surface area contributed by atoms with Crippen LogP contribution in [0.15, 0.2) is 18.3 Å². The Hall–Kier alpha value is -2.35. The molecule has 0 unspecified atom stereocenters. The minimum Gasteiger partial charge on any atom is -0.375 e. The van der Waals surface area contributed by atoms with Crippen LogP contribution in [0.3, 0.4) is 0 Å². The number of aromatic nitrogens is 1. The minimum atomic E-state index is -0.724. The second kappa shape index (κ2) is 7.77. The molecule has 1 aliphatic rings. The number of hydrogen-bond donors (Lipinski definition) is 3. The summed E-state index contributed by atoms with van der Waals surface area (Å²) in [6.45, 7) is 6.29. The maximum atomic E-state index is 11.8. The van der Waals surface area contributed by atoms with Gasteiger partial charge in [-0.1, -0.05) is 6.07 Å². The molecule has 0 spiro atoms. The van der Waals surface area contributed by atoms with E-state index in [9.17, 15) is 9.59 Å². The van der Waals surface area contributed by atoms with E-state index in [0.29, 0.717) is 13.2 Å². The lowest BCUT2D eigenvalue weighted by atomic mass is 10.2. The zero-order valence-electron chi connectivity index (χ0n) is 13.4. The molecule has 1 fully saturated rings. The number of nitrogens with zero attached hydrogens (tertiary/aromatic N) is 2. The van der Waals surface area contributed by atoms with Crippen molar-refractivity contribution in [2.75, 3.05) is 24.6 Å². The molecular weight excluding hydrogens is 298 g/mol. The zero-order chi connectivity index (χ0) is 16.8. The minimum absolute atomic E-state index is 0.198. The summed E-state index contributed by atoms with van der Waals surface area (Å²) in [7, 11) is 0. The second-order valence-corrected chi connectivity index (χ2v) is 5.60. The normalized spacial score (nSPS) is 19.0. The molecule has 2 rings (SSSR count). The summed E-state index contributed by atoms with van der Waals surface area (Å²) in [6, 6.07) is 2.47. The van der Waals surface area contributed by atoms with Gasteiger partial charge in [0.25, 0.3) is 0 Å². The molecule has 0 aromatic carbocycles. The Morgan fingerprint density at radius 2 is 2.30 bits per heavy atom. The summed E-state index contributed by atoms with van der Waals surface area (Å²) in [6.07, 6.45) is 1.94. The Labute approximate surface area is 135 Å². The number of urea groups is 1. The van der Waals surface area contributed by atoms with Crippen LogP contribution in [0.1, 0.15) is 19.4 Å². The molecule has 1 saturated heterocycles. The van der Waals surface area contributed by atoms with Crippen molar-refractivity contribution in [2.24, 2.45) is 5.73 Å². The van der Waals surface area contributed by atoms with Gasteiger partial charge in [-0.2, -0.15) is 0 Å². The van der Waals surface area contributed by atoms with Gasteiger partial charge < -0.3 is 26.0 Å². The molecule has 2 atom stereocenters. The number of carbonyl (C=O) groups excluding carboxylic acids is 2. The monoisotopic (exact) mass is 321 g/mol. The number of nitrogens with two attached hydrogens (primary N) is 1. The first-order valence-corrected chi connectivity index (χ1v) is 7.61. The average molecular weight is 321 g/mol. The lowest BCUT2D eigenvalue weighted by Gasteiger charge is -2.32. The van der Waals surface area contributed by atoms with Crippen molar-refractivity contribution in [3.05, 3.63) is 23.9 Å². The molecule has 23 heavy (non-hydrogen) atoms. The fraction of sp³-hybridized carbons (Fsp3) is 0.533. The van der Waals surface area contributed by atoms with Gasteiger partial charge in [-0.25, -0.2) is 9.78 Å². The fourth-order valence-corrected chi connectivity index (χ4v) is 2.36. The van der Waals surface area contributed by atoms with E-state index in [1.54, 1.807) is 13.1 Å².